The maximum Gasteiger partial charge on any atom is 0.269 e. The number of nitrogens with two attached hydrogens (primary N) is 1. The van der Waals surface area contributed by atoms with Gasteiger partial charge >= 0.3 is 0 Å². The van der Waals surface area contributed by atoms with E-state index < -0.39 is 4.92 Å². The number of hydrogen-bond donors (Lipinski definition) is 1. The van der Waals surface area contributed by atoms with Crippen LogP contribution in [0.5, 0.6) is 0 Å². The van der Waals surface area contributed by atoms with E-state index in [4.69, 9.17) is 10.5 Å². The van der Waals surface area contributed by atoms with Crippen molar-refractivity contribution in [1.82, 2.24) is 4.90 Å². The Morgan fingerprint density at radius 1 is 1.55 bits per heavy atom. The van der Waals surface area contributed by atoms with E-state index in [1.165, 1.54) is 12.1 Å². The summed E-state index contributed by atoms with van der Waals surface area (Å²) < 4.78 is 5.34. The predicted octanol–water partition coefficient (Wildman–Crippen LogP) is 1.10. The van der Waals surface area contributed by atoms with Crippen LogP contribution in [0.1, 0.15) is 18.4 Å². The Morgan fingerprint density at radius 2 is 2.32 bits per heavy atom. The molecule has 0 bridgehead atoms. The number of ether oxygens (including phenoxy) is 1. The lowest BCUT2D eigenvalue weighted by Crippen LogP contribution is -2.51. The van der Waals surface area contributed by atoms with Crippen LogP contribution >= 0.6 is 0 Å². The van der Waals surface area contributed by atoms with Crippen molar-refractivity contribution in [3.05, 3.63) is 39.9 Å². The molecule has 22 heavy (non-hydrogen) atoms. The maximum absolute atomic E-state index is 12.5. The first-order chi connectivity index (χ1) is 10.5. The van der Waals surface area contributed by atoms with Crippen molar-refractivity contribution in [2.45, 2.75) is 31.4 Å². The molecule has 1 aliphatic rings. The van der Waals surface area contributed by atoms with Gasteiger partial charge in [-0.1, -0.05) is 12.1 Å². The summed E-state index contributed by atoms with van der Waals surface area (Å²) >= 11 is 0. The molecule has 0 saturated carbocycles. The first-order valence-electron chi connectivity index (χ1n) is 7.30. The standard InChI is InChI=1S/C15H21N3O4/c1-22-14-5-6-17(13(9-14)10-16)15(19)8-11-3-2-4-12(7-11)18(20)21/h2-4,7,13-14H,5-6,8-10,16H2,1H3/t13-,14+/m0/s1. The summed E-state index contributed by atoms with van der Waals surface area (Å²) in [5.74, 6) is -0.0505. The highest BCUT2D eigenvalue weighted by Gasteiger charge is 2.30. The Kier molecular flexibility index (Phi) is 5.46. The summed E-state index contributed by atoms with van der Waals surface area (Å²) in [5, 5.41) is 10.8. The SMILES string of the molecule is CO[C@@H]1CCN(C(=O)Cc2cccc([N+](=O)[O-])c2)[C@H](CN)C1. The van der Waals surface area contributed by atoms with Gasteiger partial charge < -0.3 is 15.4 Å². The lowest BCUT2D eigenvalue weighted by atomic mass is 9.98. The van der Waals surface area contributed by atoms with E-state index in [1.807, 2.05) is 0 Å². The molecule has 0 aromatic heterocycles. The lowest BCUT2D eigenvalue weighted by Gasteiger charge is -2.38. The maximum atomic E-state index is 12.5. The fraction of sp³-hybridized carbons (Fsp3) is 0.533. The molecule has 120 valence electrons. The molecule has 7 heteroatoms. The summed E-state index contributed by atoms with van der Waals surface area (Å²) in [4.78, 5) is 24.6. The highest BCUT2D eigenvalue weighted by molar-refractivity contribution is 5.79. The van der Waals surface area contributed by atoms with Gasteiger partial charge in [0.05, 0.1) is 17.4 Å². The quantitative estimate of drug-likeness (QED) is 0.649. The number of likely N-dealkylation sites (tertiary alicyclic amines) is 1. The third kappa shape index (κ3) is 3.80. The zero-order valence-corrected chi connectivity index (χ0v) is 12.6. The zero-order valence-electron chi connectivity index (χ0n) is 12.6. The number of nitro benzene ring substituents is 1. The fourth-order valence-electron chi connectivity index (χ4n) is 2.84. The number of amides is 1. The first kappa shape index (κ1) is 16.4. The van der Waals surface area contributed by atoms with Crippen molar-refractivity contribution >= 4 is 11.6 Å². The fourth-order valence-corrected chi connectivity index (χ4v) is 2.84. The van der Waals surface area contributed by atoms with Crippen molar-refractivity contribution < 1.29 is 14.5 Å². The molecule has 1 aromatic rings. The molecule has 1 fully saturated rings. The number of carbonyl (C=O) groups excluding carboxylic acids is 1. The number of non-ortho nitro benzene ring substituents is 1. The Bertz CT molecular complexity index is 549. The predicted molar refractivity (Wildman–Crippen MR) is 81.4 cm³/mol. The lowest BCUT2D eigenvalue weighted by molar-refractivity contribution is -0.384. The van der Waals surface area contributed by atoms with E-state index in [0.717, 1.165) is 12.8 Å². The summed E-state index contributed by atoms with van der Waals surface area (Å²) in [7, 11) is 1.67. The summed E-state index contributed by atoms with van der Waals surface area (Å²) in [6, 6.07) is 6.14. The second-order valence-electron chi connectivity index (χ2n) is 5.46. The van der Waals surface area contributed by atoms with Gasteiger partial charge in [-0.3, -0.25) is 14.9 Å². The number of piperidine rings is 1. The Morgan fingerprint density at radius 3 is 2.95 bits per heavy atom. The molecule has 1 aromatic carbocycles. The van der Waals surface area contributed by atoms with Crippen LogP contribution in [0.15, 0.2) is 24.3 Å². The number of nitro groups is 1. The van der Waals surface area contributed by atoms with Gasteiger partial charge in [0.2, 0.25) is 5.91 Å². The third-order valence-electron chi connectivity index (χ3n) is 4.07. The minimum atomic E-state index is -0.458. The number of nitrogens with zero attached hydrogens (tertiary/aromatic N) is 2. The van der Waals surface area contributed by atoms with E-state index in [0.29, 0.717) is 18.7 Å². The molecule has 1 amide bonds. The minimum Gasteiger partial charge on any atom is -0.381 e. The van der Waals surface area contributed by atoms with Crippen LogP contribution in [0, 0.1) is 10.1 Å². The van der Waals surface area contributed by atoms with Gasteiger partial charge in [-0.25, -0.2) is 0 Å². The first-order valence-corrected chi connectivity index (χ1v) is 7.30. The smallest absolute Gasteiger partial charge is 0.269 e. The Hall–Kier alpha value is -1.99. The highest BCUT2D eigenvalue weighted by Crippen LogP contribution is 2.21. The van der Waals surface area contributed by atoms with Crippen LogP contribution in [0.2, 0.25) is 0 Å². The van der Waals surface area contributed by atoms with Crippen LogP contribution in [-0.4, -0.2) is 48.1 Å². The molecule has 2 N–H and O–H groups in total. The van der Waals surface area contributed by atoms with Gasteiger partial charge in [0.25, 0.3) is 5.69 Å². The van der Waals surface area contributed by atoms with Gasteiger partial charge in [-0.05, 0) is 18.4 Å². The molecule has 2 atom stereocenters. The van der Waals surface area contributed by atoms with Gasteiger partial charge in [0, 0.05) is 38.4 Å². The number of rotatable bonds is 5. The van der Waals surface area contributed by atoms with E-state index in [-0.39, 0.29) is 30.2 Å². The number of carbonyl (C=O) groups is 1. The van der Waals surface area contributed by atoms with Gasteiger partial charge in [0.15, 0.2) is 0 Å². The average molecular weight is 307 g/mol. The second kappa shape index (κ2) is 7.33. The normalized spacial score (nSPS) is 21.6. The second-order valence-corrected chi connectivity index (χ2v) is 5.46. The summed E-state index contributed by atoms with van der Waals surface area (Å²) in [5.41, 5.74) is 6.41. The van der Waals surface area contributed by atoms with Gasteiger partial charge in [-0.15, -0.1) is 0 Å². The molecule has 1 aliphatic heterocycles. The van der Waals surface area contributed by atoms with Crippen molar-refractivity contribution in [1.29, 1.82) is 0 Å². The van der Waals surface area contributed by atoms with Crippen LogP contribution in [0.3, 0.4) is 0 Å². The third-order valence-corrected chi connectivity index (χ3v) is 4.07. The Labute approximate surface area is 129 Å². The zero-order chi connectivity index (χ0) is 16.1. The van der Waals surface area contributed by atoms with Crippen molar-refractivity contribution in [2.24, 2.45) is 5.73 Å². The van der Waals surface area contributed by atoms with Crippen LogP contribution in [0.4, 0.5) is 5.69 Å². The van der Waals surface area contributed by atoms with Crippen molar-refractivity contribution in [3.8, 4) is 0 Å². The van der Waals surface area contributed by atoms with Crippen LogP contribution in [-0.2, 0) is 16.0 Å². The molecule has 0 radical (unpaired) electrons. The molecule has 7 nitrogen and oxygen atoms in total. The molecule has 2 rings (SSSR count). The minimum absolute atomic E-state index is 0.00114. The molecule has 1 heterocycles. The van der Waals surface area contributed by atoms with Crippen LogP contribution < -0.4 is 5.73 Å². The summed E-state index contributed by atoms with van der Waals surface area (Å²) in [6.45, 7) is 0.995. The number of methoxy groups -OCH3 is 1. The van der Waals surface area contributed by atoms with Crippen molar-refractivity contribution in [3.63, 3.8) is 0 Å². The topological polar surface area (TPSA) is 98.7 Å². The van der Waals surface area contributed by atoms with Gasteiger partial charge in [-0.2, -0.15) is 0 Å². The molecule has 0 spiro atoms. The molecule has 1 saturated heterocycles. The van der Waals surface area contributed by atoms with Gasteiger partial charge in [0.1, 0.15) is 0 Å². The molecule has 0 aliphatic carbocycles. The van der Waals surface area contributed by atoms with E-state index in [1.54, 1.807) is 24.1 Å². The number of hydrogen-bond acceptors (Lipinski definition) is 5. The number of benzene rings is 1. The van der Waals surface area contributed by atoms with E-state index in [2.05, 4.69) is 0 Å². The molecular weight excluding hydrogens is 286 g/mol. The summed E-state index contributed by atoms with van der Waals surface area (Å²) in [6.07, 6.45) is 1.80. The van der Waals surface area contributed by atoms with Crippen LogP contribution in [0.25, 0.3) is 0 Å². The largest absolute Gasteiger partial charge is 0.381 e. The highest BCUT2D eigenvalue weighted by atomic mass is 16.6. The van der Waals surface area contributed by atoms with E-state index in [9.17, 15) is 14.9 Å². The van der Waals surface area contributed by atoms with Crippen molar-refractivity contribution in [2.75, 3.05) is 20.2 Å². The molecule has 0 unspecified atom stereocenters. The molecular formula is C15H21N3O4. The van der Waals surface area contributed by atoms with E-state index >= 15 is 0 Å². The Balaban J connectivity index is 2.05. The average Bonchev–Trinajstić information content (AvgIpc) is 2.54. The monoisotopic (exact) mass is 307 g/mol.